The van der Waals surface area contributed by atoms with Gasteiger partial charge in [-0.05, 0) is 88.0 Å². The summed E-state index contributed by atoms with van der Waals surface area (Å²) in [5, 5.41) is 0. The molecular formula is C31H28N2. The van der Waals surface area contributed by atoms with Gasteiger partial charge in [0.1, 0.15) is 0 Å². The first-order chi connectivity index (χ1) is 15.9. The van der Waals surface area contributed by atoms with Gasteiger partial charge < -0.3 is 0 Å². The number of aliphatic imine (C=N–C) groups is 2. The van der Waals surface area contributed by atoms with Crippen LogP contribution in [0.15, 0.2) is 94.9 Å². The van der Waals surface area contributed by atoms with Gasteiger partial charge in [0.2, 0.25) is 0 Å². The van der Waals surface area contributed by atoms with Crippen LogP contribution in [0.2, 0.25) is 0 Å². The standard InChI is InChI=1S/C31H28N2/c1-20-15-24(18-25(16-20)30(32-4)33-5)22-10-8-9-21(17-22)23-13-14-27-26-11-6-7-12-28(26)31(2,3)29(27)19-23/h6-19H,4H2,1-3,5H3/b33-30-. The Labute approximate surface area is 196 Å². The van der Waals surface area contributed by atoms with Gasteiger partial charge in [0.25, 0.3) is 0 Å². The Morgan fingerprint density at radius 1 is 0.697 bits per heavy atom. The van der Waals surface area contributed by atoms with Crippen LogP contribution in [0.1, 0.15) is 36.1 Å². The zero-order valence-electron chi connectivity index (χ0n) is 19.7. The molecule has 4 aromatic carbocycles. The molecular weight excluding hydrogens is 400 g/mol. The fourth-order valence-electron chi connectivity index (χ4n) is 5.13. The molecule has 0 saturated heterocycles. The van der Waals surface area contributed by atoms with Gasteiger partial charge in [-0.25, -0.2) is 4.99 Å². The Balaban J connectivity index is 1.59. The van der Waals surface area contributed by atoms with Crippen molar-refractivity contribution in [2.45, 2.75) is 26.2 Å². The fourth-order valence-corrected chi connectivity index (χ4v) is 5.13. The molecule has 0 amide bonds. The summed E-state index contributed by atoms with van der Waals surface area (Å²) in [7, 11) is 1.75. The third-order valence-electron chi connectivity index (χ3n) is 6.81. The lowest BCUT2D eigenvalue weighted by atomic mass is 9.81. The van der Waals surface area contributed by atoms with Crippen LogP contribution in [0.25, 0.3) is 33.4 Å². The van der Waals surface area contributed by atoms with Crippen LogP contribution in [0.5, 0.6) is 0 Å². The lowest BCUT2D eigenvalue weighted by molar-refractivity contribution is 0.660. The molecule has 0 aliphatic heterocycles. The van der Waals surface area contributed by atoms with E-state index in [1.54, 1.807) is 7.05 Å². The SMILES string of the molecule is C=N/C(=N\C)c1cc(C)cc(-c2cccc(-c3ccc4c(c3)C(C)(C)c3ccccc3-4)c2)c1. The normalized spacial score (nSPS) is 14.0. The van der Waals surface area contributed by atoms with Crippen LogP contribution in [-0.2, 0) is 5.41 Å². The van der Waals surface area contributed by atoms with Crippen LogP contribution < -0.4 is 0 Å². The number of rotatable bonds is 3. The molecule has 0 fully saturated rings. The molecule has 1 aliphatic rings. The second kappa shape index (κ2) is 7.97. The summed E-state index contributed by atoms with van der Waals surface area (Å²) in [6, 6.07) is 30.9. The summed E-state index contributed by atoms with van der Waals surface area (Å²) in [4.78, 5) is 8.35. The summed E-state index contributed by atoms with van der Waals surface area (Å²) in [5.74, 6) is 0.663. The third-order valence-corrected chi connectivity index (χ3v) is 6.81. The number of fused-ring (bicyclic) bond motifs is 3. The lowest BCUT2D eigenvalue weighted by Crippen LogP contribution is -2.14. The lowest BCUT2D eigenvalue weighted by Gasteiger charge is -2.22. The largest absolute Gasteiger partial charge is 0.270 e. The molecule has 0 saturated carbocycles. The maximum atomic E-state index is 4.27. The Hall–Kier alpha value is -3.78. The van der Waals surface area contributed by atoms with Crippen LogP contribution >= 0.6 is 0 Å². The smallest absolute Gasteiger partial charge is 0.153 e. The molecule has 4 aromatic rings. The van der Waals surface area contributed by atoms with Gasteiger partial charge in [-0.1, -0.05) is 74.5 Å². The van der Waals surface area contributed by atoms with E-state index in [2.05, 4.69) is 122 Å². The maximum Gasteiger partial charge on any atom is 0.153 e. The minimum absolute atomic E-state index is 0.00142. The monoisotopic (exact) mass is 428 g/mol. The molecule has 2 nitrogen and oxygen atoms in total. The predicted molar refractivity (Wildman–Crippen MR) is 142 cm³/mol. The quantitative estimate of drug-likeness (QED) is 0.236. The molecule has 0 bridgehead atoms. The van der Waals surface area contributed by atoms with Crippen molar-refractivity contribution in [3.8, 4) is 33.4 Å². The van der Waals surface area contributed by atoms with Crippen LogP contribution in [0, 0.1) is 6.92 Å². The van der Waals surface area contributed by atoms with Crippen molar-refractivity contribution in [1.82, 2.24) is 0 Å². The van der Waals surface area contributed by atoms with Gasteiger partial charge in [-0.3, -0.25) is 4.99 Å². The number of amidine groups is 1. The predicted octanol–water partition coefficient (Wildman–Crippen LogP) is 7.71. The fraction of sp³-hybridized carbons (Fsp3) is 0.161. The first-order valence-electron chi connectivity index (χ1n) is 11.3. The average Bonchev–Trinajstić information content (AvgIpc) is 3.06. The van der Waals surface area contributed by atoms with E-state index in [1.807, 2.05) is 0 Å². The Morgan fingerprint density at radius 3 is 2.15 bits per heavy atom. The minimum atomic E-state index is -0.00142. The van der Waals surface area contributed by atoms with E-state index < -0.39 is 0 Å². The highest BCUT2D eigenvalue weighted by Crippen LogP contribution is 2.49. The van der Waals surface area contributed by atoms with Gasteiger partial charge in [0.15, 0.2) is 5.84 Å². The van der Waals surface area contributed by atoms with Crippen molar-refractivity contribution in [3.63, 3.8) is 0 Å². The zero-order chi connectivity index (χ0) is 23.2. The second-order valence-electron chi connectivity index (χ2n) is 9.30. The topological polar surface area (TPSA) is 24.7 Å². The Bertz CT molecular complexity index is 1420. The Morgan fingerprint density at radius 2 is 1.39 bits per heavy atom. The van der Waals surface area contributed by atoms with Crippen LogP contribution in [0.3, 0.4) is 0 Å². The van der Waals surface area contributed by atoms with Crippen molar-refractivity contribution in [2.24, 2.45) is 9.98 Å². The summed E-state index contributed by atoms with van der Waals surface area (Å²) in [5.41, 5.74) is 12.5. The first-order valence-corrected chi connectivity index (χ1v) is 11.3. The van der Waals surface area contributed by atoms with Gasteiger partial charge in [0, 0.05) is 18.0 Å². The van der Waals surface area contributed by atoms with Crippen molar-refractivity contribution < 1.29 is 0 Å². The Kier molecular flexibility index (Phi) is 5.09. The highest BCUT2D eigenvalue weighted by Gasteiger charge is 2.35. The molecule has 1 aliphatic carbocycles. The van der Waals surface area contributed by atoms with E-state index >= 15 is 0 Å². The summed E-state index contributed by atoms with van der Waals surface area (Å²) in [6.45, 7) is 10.4. The zero-order valence-corrected chi connectivity index (χ0v) is 19.7. The van der Waals surface area contributed by atoms with Gasteiger partial charge >= 0.3 is 0 Å². The number of benzene rings is 4. The molecule has 0 N–H and O–H groups in total. The molecule has 0 unspecified atom stereocenters. The van der Waals surface area contributed by atoms with E-state index in [9.17, 15) is 0 Å². The van der Waals surface area contributed by atoms with E-state index in [-0.39, 0.29) is 5.41 Å². The van der Waals surface area contributed by atoms with Crippen molar-refractivity contribution >= 4 is 12.6 Å². The summed E-state index contributed by atoms with van der Waals surface area (Å²) in [6.07, 6.45) is 0. The number of aryl methyl sites for hydroxylation is 1. The summed E-state index contributed by atoms with van der Waals surface area (Å²) < 4.78 is 0. The van der Waals surface area contributed by atoms with E-state index in [0.717, 1.165) is 11.1 Å². The van der Waals surface area contributed by atoms with Gasteiger partial charge in [-0.15, -0.1) is 0 Å². The molecule has 0 atom stereocenters. The average molecular weight is 429 g/mol. The molecule has 2 heteroatoms. The molecule has 0 aromatic heterocycles. The summed E-state index contributed by atoms with van der Waals surface area (Å²) >= 11 is 0. The minimum Gasteiger partial charge on any atom is -0.270 e. The molecule has 5 rings (SSSR count). The van der Waals surface area contributed by atoms with Gasteiger partial charge in [0.05, 0.1) is 0 Å². The van der Waals surface area contributed by atoms with Crippen molar-refractivity contribution in [2.75, 3.05) is 7.05 Å². The maximum absolute atomic E-state index is 4.27. The molecule has 33 heavy (non-hydrogen) atoms. The van der Waals surface area contributed by atoms with Crippen LogP contribution in [0.4, 0.5) is 0 Å². The molecule has 0 heterocycles. The van der Waals surface area contributed by atoms with Crippen molar-refractivity contribution in [1.29, 1.82) is 0 Å². The highest BCUT2D eigenvalue weighted by molar-refractivity contribution is 6.02. The molecule has 162 valence electrons. The number of nitrogens with zero attached hydrogens (tertiary/aromatic N) is 2. The number of hydrogen-bond donors (Lipinski definition) is 0. The first kappa shape index (κ1) is 21.1. The highest BCUT2D eigenvalue weighted by atomic mass is 14.9. The molecule has 0 radical (unpaired) electrons. The van der Waals surface area contributed by atoms with E-state index in [0.29, 0.717) is 5.84 Å². The third kappa shape index (κ3) is 3.52. The molecule has 0 spiro atoms. The van der Waals surface area contributed by atoms with Crippen molar-refractivity contribution in [3.05, 3.63) is 107 Å². The van der Waals surface area contributed by atoms with E-state index in [4.69, 9.17) is 0 Å². The number of hydrogen-bond acceptors (Lipinski definition) is 1. The van der Waals surface area contributed by atoms with Crippen LogP contribution in [-0.4, -0.2) is 19.6 Å². The van der Waals surface area contributed by atoms with Gasteiger partial charge in [-0.2, -0.15) is 0 Å². The second-order valence-corrected chi connectivity index (χ2v) is 9.30. The van der Waals surface area contributed by atoms with E-state index in [1.165, 1.54) is 44.5 Å².